The Morgan fingerprint density at radius 3 is 2.62 bits per heavy atom. The highest BCUT2D eigenvalue weighted by Crippen LogP contribution is 2.32. The molecule has 1 heterocycles. The molecule has 24 heavy (non-hydrogen) atoms. The number of ketones is 1. The summed E-state index contributed by atoms with van der Waals surface area (Å²) in [5, 5.41) is 0. The van der Waals surface area contributed by atoms with Crippen molar-refractivity contribution in [2.24, 2.45) is 0 Å². The number of carbonyl (C=O) groups is 2. The summed E-state index contributed by atoms with van der Waals surface area (Å²) in [6.07, 6.45) is 2.77. The van der Waals surface area contributed by atoms with Gasteiger partial charge in [-0.1, -0.05) is 6.07 Å². The van der Waals surface area contributed by atoms with E-state index < -0.39 is 24.2 Å². The third-order valence-corrected chi connectivity index (χ3v) is 3.32. The summed E-state index contributed by atoms with van der Waals surface area (Å²) in [6, 6.07) is 10.3. The minimum absolute atomic E-state index is 0.177. The minimum Gasteiger partial charge on any atom is -0.454 e. The van der Waals surface area contributed by atoms with Gasteiger partial charge in [-0.3, -0.25) is 4.79 Å². The van der Waals surface area contributed by atoms with Crippen LogP contribution in [-0.4, -0.2) is 25.2 Å². The Kier molecular flexibility index (Phi) is 4.56. The van der Waals surface area contributed by atoms with Gasteiger partial charge in [-0.25, -0.2) is 9.18 Å². The van der Waals surface area contributed by atoms with E-state index in [0.717, 1.165) is 5.56 Å². The Morgan fingerprint density at radius 2 is 1.83 bits per heavy atom. The average molecular weight is 328 g/mol. The van der Waals surface area contributed by atoms with Gasteiger partial charge in [0.2, 0.25) is 6.79 Å². The van der Waals surface area contributed by atoms with E-state index in [0.29, 0.717) is 11.5 Å². The van der Waals surface area contributed by atoms with Gasteiger partial charge < -0.3 is 14.2 Å². The van der Waals surface area contributed by atoms with E-state index >= 15 is 0 Å². The predicted octanol–water partition coefficient (Wildman–Crippen LogP) is 2.99. The van der Waals surface area contributed by atoms with E-state index in [4.69, 9.17) is 14.2 Å². The third kappa shape index (κ3) is 3.78. The van der Waals surface area contributed by atoms with E-state index in [1.165, 1.54) is 30.3 Å². The number of hydrogen-bond acceptors (Lipinski definition) is 5. The summed E-state index contributed by atoms with van der Waals surface area (Å²) in [4.78, 5) is 23.5. The SMILES string of the molecule is O=C(/C=C/c1ccc2c(c1)OCO2)OCC(=O)c1ccc(F)cc1. The first-order valence-corrected chi connectivity index (χ1v) is 7.15. The van der Waals surface area contributed by atoms with Crippen LogP contribution in [0.5, 0.6) is 11.5 Å². The topological polar surface area (TPSA) is 61.8 Å². The number of hydrogen-bond donors (Lipinski definition) is 0. The van der Waals surface area contributed by atoms with Gasteiger partial charge in [0.25, 0.3) is 0 Å². The van der Waals surface area contributed by atoms with Gasteiger partial charge >= 0.3 is 5.97 Å². The second-order valence-corrected chi connectivity index (χ2v) is 4.98. The summed E-state index contributed by atoms with van der Waals surface area (Å²) < 4.78 is 28.1. The molecule has 0 radical (unpaired) electrons. The Bertz CT molecular complexity index is 796. The second-order valence-electron chi connectivity index (χ2n) is 4.98. The number of ether oxygens (including phenoxy) is 3. The molecule has 122 valence electrons. The summed E-state index contributed by atoms with van der Waals surface area (Å²) in [6.45, 7) is -0.230. The van der Waals surface area contributed by atoms with Crippen LogP contribution in [0.15, 0.2) is 48.5 Å². The molecular weight excluding hydrogens is 315 g/mol. The molecule has 0 N–H and O–H groups in total. The van der Waals surface area contributed by atoms with Crippen molar-refractivity contribution >= 4 is 17.8 Å². The molecule has 0 bridgehead atoms. The lowest BCUT2D eigenvalue weighted by molar-refractivity contribution is -0.136. The first kappa shape index (κ1) is 15.7. The molecule has 1 aliphatic heterocycles. The zero-order valence-electron chi connectivity index (χ0n) is 12.5. The van der Waals surface area contributed by atoms with Crippen molar-refractivity contribution in [1.82, 2.24) is 0 Å². The molecule has 0 atom stereocenters. The van der Waals surface area contributed by atoms with E-state index in [2.05, 4.69) is 0 Å². The van der Waals surface area contributed by atoms with Crippen molar-refractivity contribution in [3.05, 3.63) is 65.5 Å². The molecule has 0 amide bonds. The highest BCUT2D eigenvalue weighted by molar-refractivity contribution is 5.98. The van der Waals surface area contributed by atoms with Crippen molar-refractivity contribution in [3.63, 3.8) is 0 Å². The van der Waals surface area contributed by atoms with Gasteiger partial charge in [0.05, 0.1) is 0 Å². The Balaban J connectivity index is 1.53. The molecule has 3 rings (SSSR count). The number of halogens is 1. The van der Waals surface area contributed by atoms with Crippen LogP contribution >= 0.6 is 0 Å². The predicted molar refractivity (Wildman–Crippen MR) is 83.3 cm³/mol. The molecule has 0 fully saturated rings. The molecule has 0 unspecified atom stereocenters. The second kappa shape index (κ2) is 6.95. The maximum Gasteiger partial charge on any atom is 0.331 e. The highest BCUT2D eigenvalue weighted by atomic mass is 19.1. The number of fused-ring (bicyclic) bond motifs is 1. The number of esters is 1. The normalized spacial score (nSPS) is 12.4. The van der Waals surface area contributed by atoms with Gasteiger partial charge in [0.15, 0.2) is 23.9 Å². The standard InChI is InChI=1S/C18H13FO5/c19-14-5-3-13(4-6-14)15(20)10-22-18(21)8-2-12-1-7-16-17(9-12)24-11-23-16/h1-9H,10-11H2/b8-2+. The fourth-order valence-corrected chi connectivity index (χ4v) is 2.08. The Morgan fingerprint density at radius 1 is 1.08 bits per heavy atom. The molecular formula is C18H13FO5. The van der Waals surface area contributed by atoms with Gasteiger partial charge in [-0.05, 0) is 48.0 Å². The van der Waals surface area contributed by atoms with Crippen molar-refractivity contribution in [2.75, 3.05) is 13.4 Å². The molecule has 0 saturated heterocycles. The van der Waals surface area contributed by atoms with E-state index in [-0.39, 0.29) is 12.4 Å². The number of carbonyl (C=O) groups excluding carboxylic acids is 2. The van der Waals surface area contributed by atoms with Crippen LogP contribution in [0, 0.1) is 5.82 Å². The van der Waals surface area contributed by atoms with E-state index in [1.54, 1.807) is 24.3 Å². The third-order valence-electron chi connectivity index (χ3n) is 3.32. The Labute approximate surface area is 137 Å². The number of benzene rings is 2. The maximum atomic E-state index is 12.8. The van der Waals surface area contributed by atoms with Crippen LogP contribution in [0.1, 0.15) is 15.9 Å². The summed E-state index contributed by atoms with van der Waals surface area (Å²) >= 11 is 0. The zero-order valence-corrected chi connectivity index (χ0v) is 12.5. The quantitative estimate of drug-likeness (QED) is 0.480. The van der Waals surface area contributed by atoms with Crippen LogP contribution in [0.2, 0.25) is 0 Å². The molecule has 6 heteroatoms. The van der Waals surface area contributed by atoms with Crippen LogP contribution in [0.4, 0.5) is 4.39 Å². The first-order chi connectivity index (χ1) is 11.6. The molecule has 5 nitrogen and oxygen atoms in total. The molecule has 0 spiro atoms. The van der Waals surface area contributed by atoms with E-state index in [9.17, 15) is 14.0 Å². The molecule has 0 saturated carbocycles. The van der Waals surface area contributed by atoms with Gasteiger partial charge in [0, 0.05) is 11.6 Å². The summed E-state index contributed by atoms with van der Waals surface area (Å²) in [7, 11) is 0. The van der Waals surface area contributed by atoms with E-state index in [1.807, 2.05) is 0 Å². The highest BCUT2D eigenvalue weighted by Gasteiger charge is 2.12. The smallest absolute Gasteiger partial charge is 0.331 e. The van der Waals surface area contributed by atoms with Crippen LogP contribution in [0.25, 0.3) is 6.08 Å². The van der Waals surface area contributed by atoms with Gasteiger partial charge in [0.1, 0.15) is 5.82 Å². The lowest BCUT2D eigenvalue weighted by Gasteiger charge is -2.02. The first-order valence-electron chi connectivity index (χ1n) is 7.15. The Hall–Kier alpha value is -3.15. The molecule has 1 aliphatic rings. The fourth-order valence-electron chi connectivity index (χ4n) is 2.08. The minimum atomic E-state index is -0.650. The average Bonchev–Trinajstić information content (AvgIpc) is 3.06. The van der Waals surface area contributed by atoms with Gasteiger partial charge in [-0.15, -0.1) is 0 Å². The number of Topliss-reactive ketones (excluding diaryl/α,β-unsaturated/α-hetero) is 1. The van der Waals surface area contributed by atoms with Crippen LogP contribution in [-0.2, 0) is 9.53 Å². The van der Waals surface area contributed by atoms with Crippen LogP contribution in [0.3, 0.4) is 0 Å². The van der Waals surface area contributed by atoms with Crippen molar-refractivity contribution in [3.8, 4) is 11.5 Å². The molecule has 0 aromatic heterocycles. The van der Waals surface area contributed by atoms with Crippen molar-refractivity contribution in [1.29, 1.82) is 0 Å². The lowest BCUT2D eigenvalue weighted by Crippen LogP contribution is -2.12. The molecule has 2 aromatic rings. The molecule has 0 aliphatic carbocycles. The molecule has 2 aromatic carbocycles. The number of rotatable bonds is 5. The monoisotopic (exact) mass is 328 g/mol. The van der Waals surface area contributed by atoms with Crippen molar-refractivity contribution < 1.29 is 28.2 Å². The maximum absolute atomic E-state index is 12.8. The fraction of sp³-hybridized carbons (Fsp3) is 0.111. The lowest BCUT2D eigenvalue weighted by atomic mass is 10.1. The summed E-state index contributed by atoms with van der Waals surface area (Å²) in [5.41, 5.74) is 1.02. The zero-order chi connectivity index (χ0) is 16.9. The van der Waals surface area contributed by atoms with Crippen molar-refractivity contribution in [2.45, 2.75) is 0 Å². The summed E-state index contributed by atoms with van der Waals surface area (Å²) in [5.74, 6) is -0.227. The van der Waals surface area contributed by atoms with Gasteiger partial charge in [-0.2, -0.15) is 0 Å². The largest absolute Gasteiger partial charge is 0.454 e. The van der Waals surface area contributed by atoms with Crippen LogP contribution < -0.4 is 9.47 Å².